The molecule has 1 fully saturated rings. The van der Waals surface area contributed by atoms with E-state index in [1.165, 1.54) is 25.7 Å². The third-order valence-electron chi connectivity index (χ3n) is 4.25. The second-order valence-corrected chi connectivity index (χ2v) is 5.16. The molecule has 0 amide bonds. The molecule has 1 saturated carbocycles. The summed E-state index contributed by atoms with van der Waals surface area (Å²) >= 11 is 0. The minimum absolute atomic E-state index is 0.247. The zero-order valence-electron chi connectivity index (χ0n) is 8.60. The second kappa shape index (κ2) is 2.70. The number of rotatable bonds is 0. The molecule has 1 nitrogen and oxygen atoms in total. The zero-order chi connectivity index (χ0) is 9.53. The van der Waals surface area contributed by atoms with Crippen LogP contribution < -0.4 is 0 Å². The van der Waals surface area contributed by atoms with Gasteiger partial charge < -0.3 is 0 Å². The van der Waals surface area contributed by atoms with E-state index < -0.39 is 0 Å². The van der Waals surface area contributed by atoms with Crippen LogP contribution in [-0.4, -0.2) is 5.78 Å². The van der Waals surface area contributed by atoms with Crippen molar-refractivity contribution in [1.29, 1.82) is 0 Å². The number of ketones is 1. The van der Waals surface area contributed by atoms with Crippen LogP contribution in [0.25, 0.3) is 0 Å². The van der Waals surface area contributed by atoms with Crippen molar-refractivity contribution < 1.29 is 4.79 Å². The van der Waals surface area contributed by atoms with Crippen LogP contribution in [0.2, 0.25) is 0 Å². The first kappa shape index (κ1) is 8.98. The number of hydrogen-bond acceptors (Lipinski definition) is 1. The quantitative estimate of drug-likeness (QED) is 0.557. The lowest BCUT2D eigenvalue weighted by Crippen LogP contribution is -2.42. The average molecular weight is 178 g/mol. The highest BCUT2D eigenvalue weighted by molar-refractivity contribution is 5.91. The van der Waals surface area contributed by atoms with Gasteiger partial charge in [-0.1, -0.05) is 32.8 Å². The normalized spacial score (nSPS) is 44.6. The highest BCUT2D eigenvalue weighted by Gasteiger charge is 2.47. The standard InChI is InChI=1S/C12H18O/c1-11-6-3-4-7-12(11,2)9-10(13)5-8-11/h5,8H,3-4,6-7,9H2,1-2H3. The predicted molar refractivity (Wildman–Crippen MR) is 53.4 cm³/mol. The summed E-state index contributed by atoms with van der Waals surface area (Å²) in [7, 11) is 0. The average Bonchev–Trinajstić information content (AvgIpc) is 2.07. The molecule has 0 spiro atoms. The molecule has 0 saturated heterocycles. The second-order valence-electron chi connectivity index (χ2n) is 5.16. The summed E-state index contributed by atoms with van der Waals surface area (Å²) in [4.78, 5) is 11.4. The van der Waals surface area contributed by atoms with Crippen LogP contribution in [0.5, 0.6) is 0 Å². The lowest BCUT2D eigenvalue weighted by molar-refractivity contribution is -0.120. The number of carbonyl (C=O) groups excluding carboxylic acids is 1. The fourth-order valence-electron chi connectivity index (χ4n) is 2.89. The van der Waals surface area contributed by atoms with Gasteiger partial charge in [0.05, 0.1) is 0 Å². The topological polar surface area (TPSA) is 17.1 Å². The maximum Gasteiger partial charge on any atom is 0.155 e. The third-order valence-corrected chi connectivity index (χ3v) is 4.25. The Balaban J connectivity index is 2.36. The monoisotopic (exact) mass is 178 g/mol. The molecule has 1 heteroatoms. The summed E-state index contributed by atoms with van der Waals surface area (Å²) in [5, 5.41) is 0. The van der Waals surface area contributed by atoms with E-state index in [2.05, 4.69) is 19.9 Å². The fraction of sp³-hybridized carbons (Fsp3) is 0.750. The summed E-state index contributed by atoms with van der Waals surface area (Å²) in [5.41, 5.74) is 0.538. The van der Waals surface area contributed by atoms with E-state index >= 15 is 0 Å². The van der Waals surface area contributed by atoms with Crippen LogP contribution in [0.1, 0.15) is 46.0 Å². The lowest BCUT2D eigenvalue weighted by Gasteiger charge is -2.50. The SMILES string of the molecule is CC12C=CC(=O)CC1(C)CCCC2. The Morgan fingerprint density at radius 1 is 1.23 bits per heavy atom. The number of hydrogen-bond donors (Lipinski definition) is 0. The van der Waals surface area contributed by atoms with Crippen LogP contribution >= 0.6 is 0 Å². The Kier molecular flexibility index (Phi) is 1.86. The van der Waals surface area contributed by atoms with Crippen molar-refractivity contribution in [2.24, 2.45) is 10.8 Å². The van der Waals surface area contributed by atoms with E-state index in [1.807, 2.05) is 0 Å². The van der Waals surface area contributed by atoms with Gasteiger partial charge in [-0.3, -0.25) is 4.79 Å². The van der Waals surface area contributed by atoms with Gasteiger partial charge in [-0.2, -0.15) is 0 Å². The molecule has 0 N–H and O–H groups in total. The first-order valence-corrected chi connectivity index (χ1v) is 5.28. The van der Waals surface area contributed by atoms with Crippen LogP contribution in [0, 0.1) is 10.8 Å². The van der Waals surface area contributed by atoms with Gasteiger partial charge in [-0.15, -0.1) is 0 Å². The molecule has 0 bridgehead atoms. The largest absolute Gasteiger partial charge is 0.295 e. The van der Waals surface area contributed by atoms with E-state index in [4.69, 9.17) is 0 Å². The molecule has 2 rings (SSSR count). The summed E-state index contributed by atoms with van der Waals surface area (Å²) in [6.45, 7) is 4.60. The Hall–Kier alpha value is -0.590. The smallest absolute Gasteiger partial charge is 0.155 e. The maximum absolute atomic E-state index is 11.4. The minimum atomic E-state index is 0.247. The summed E-state index contributed by atoms with van der Waals surface area (Å²) in [6, 6.07) is 0. The van der Waals surface area contributed by atoms with Gasteiger partial charge in [0.1, 0.15) is 0 Å². The van der Waals surface area contributed by atoms with Gasteiger partial charge in [0.25, 0.3) is 0 Å². The van der Waals surface area contributed by atoms with Gasteiger partial charge in [0, 0.05) is 6.42 Å². The molecule has 0 heterocycles. The lowest BCUT2D eigenvalue weighted by atomic mass is 9.54. The van der Waals surface area contributed by atoms with E-state index in [1.54, 1.807) is 6.08 Å². The van der Waals surface area contributed by atoms with Gasteiger partial charge in [0.2, 0.25) is 0 Å². The van der Waals surface area contributed by atoms with E-state index in [-0.39, 0.29) is 5.41 Å². The molecule has 0 aromatic carbocycles. The first-order chi connectivity index (χ1) is 6.06. The highest BCUT2D eigenvalue weighted by Crippen LogP contribution is 2.55. The highest BCUT2D eigenvalue weighted by atomic mass is 16.1. The van der Waals surface area contributed by atoms with Gasteiger partial charge in [0.15, 0.2) is 5.78 Å². The Labute approximate surface area is 80.2 Å². The molecule has 0 aromatic heterocycles. The van der Waals surface area contributed by atoms with Gasteiger partial charge in [-0.25, -0.2) is 0 Å². The number of carbonyl (C=O) groups is 1. The van der Waals surface area contributed by atoms with Gasteiger partial charge in [-0.05, 0) is 29.7 Å². The molecule has 0 aliphatic heterocycles. The predicted octanol–water partition coefficient (Wildman–Crippen LogP) is 3.10. The molecular formula is C12H18O. The third kappa shape index (κ3) is 1.25. The zero-order valence-corrected chi connectivity index (χ0v) is 8.60. The Bertz CT molecular complexity index is 266. The first-order valence-electron chi connectivity index (χ1n) is 5.28. The van der Waals surface area contributed by atoms with Crippen molar-refractivity contribution in [3.05, 3.63) is 12.2 Å². The van der Waals surface area contributed by atoms with Crippen molar-refractivity contribution in [2.75, 3.05) is 0 Å². The van der Waals surface area contributed by atoms with Crippen LogP contribution in [0.15, 0.2) is 12.2 Å². The molecule has 2 atom stereocenters. The Morgan fingerprint density at radius 3 is 2.69 bits per heavy atom. The van der Waals surface area contributed by atoms with Crippen LogP contribution in [0.3, 0.4) is 0 Å². The maximum atomic E-state index is 11.4. The van der Waals surface area contributed by atoms with Crippen molar-refractivity contribution in [2.45, 2.75) is 46.0 Å². The van der Waals surface area contributed by atoms with E-state index in [0.29, 0.717) is 11.2 Å². The molecule has 13 heavy (non-hydrogen) atoms. The molecule has 0 aromatic rings. The van der Waals surface area contributed by atoms with Crippen molar-refractivity contribution in [1.82, 2.24) is 0 Å². The van der Waals surface area contributed by atoms with E-state index in [9.17, 15) is 4.79 Å². The molecule has 2 aliphatic carbocycles. The molecular weight excluding hydrogens is 160 g/mol. The van der Waals surface area contributed by atoms with Crippen molar-refractivity contribution in [3.8, 4) is 0 Å². The summed E-state index contributed by atoms with van der Waals surface area (Å²) in [6.07, 6.45) is 9.83. The van der Waals surface area contributed by atoms with Crippen LogP contribution in [-0.2, 0) is 4.79 Å². The van der Waals surface area contributed by atoms with E-state index in [0.717, 1.165) is 6.42 Å². The molecule has 2 unspecified atom stereocenters. The molecule has 0 radical (unpaired) electrons. The summed E-state index contributed by atoms with van der Waals surface area (Å²) in [5.74, 6) is 0.321. The number of allylic oxidation sites excluding steroid dienone is 2. The fourth-order valence-corrected chi connectivity index (χ4v) is 2.89. The Morgan fingerprint density at radius 2 is 1.92 bits per heavy atom. The van der Waals surface area contributed by atoms with Crippen molar-refractivity contribution in [3.63, 3.8) is 0 Å². The molecule has 2 aliphatic rings. The number of fused-ring (bicyclic) bond motifs is 1. The summed E-state index contributed by atoms with van der Waals surface area (Å²) < 4.78 is 0. The van der Waals surface area contributed by atoms with Crippen LogP contribution in [0.4, 0.5) is 0 Å². The minimum Gasteiger partial charge on any atom is -0.295 e. The molecule has 72 valence electrons. The van der Waals surface area contributed by atoms with Gasteiger partial charge >= 0.3 is 0 Å². The van der Waals surface area contributed by atoms with Crippen molar-refractivity contribution >= 4 is 5.78 Å².